The molecule has 3 aromatic carbocycles. The fourth-order valence-corrected chi connectivity index (χ4v) is 3.98. The predicted molar refractivity (Wildman–Crippen MR) is 125 cm³/mol. The number of carbonyl (C=O) groups is 1. The van der Waals surface area contributed by atoms with Crippen molar-refractivity contribution < 1.29 is 33.6 Å². The Morgan fingerprint density at radius 3 is 2.55 bits per heavy atom. The van der Waals surface area contributed by atoms with E-state index in [0.29, 0.717) is 41.8 Å². The lowest BCUT2D eigenvalue weighted by atomic mass is 10.1. The van der Waals surface area contributed by atoms with Crippen molar-refractivity contribution in [1.82, 2.24) is 0 Å². The van der Waals surface area contributed by atoms with Crippen molar-refractivity contribution in [3.05, 3.63) is 69.7 Å². The summed E-state index contributed by atoms with van der Waals surface area (Å²) in [6.45, 7) is 0.959. The first-order valence-electron chi connectivity index (χ1n) is 10.0. The van der Waals surface area contributed by atoms with Crippen molar-refractivity contribution in [2.45, 2.75) is 13.2 Å². The molecule has 0 unspecified atom stereocenters. The van der Waals surface area contributed by atoms with Gasteiger partial charge in [-0.1, -0.05) is 6.07 Å². The third-order valence-electron chi connectivity index (χ3n) is 5.04. The number of anilines is 1. The van der Waals surface area contributed by atoms with Crippen molar-refractivity contribution in [1.29, 1.82) is 0 Å². The van der Waals surface area contributed by atoms with Gasteiger partial charge in [0, 0.05) is 6.54 Å². The second kappa shape index (κ2) is 9.91. The third-order valence-corrected chi connectivity index (χ3v) is 5.63. The molecule has 8 nitrogen and oxygen atoms in total. The van der Waals surface area contributed by atoms with E-state index in [1.54, 1.807) is 13.2 Å². The molecular formula is C24H22BrNO7. The molecule has 0 amide bonds. The Kier molecular flexibility index (Phi) is 6.79. The molecule has 4 rings (SSSR count). The number of benzene rings is 3. The lowest BCUT2D eigenvalue weighted by Crippen LogP contribution is -2.05. The highest BCUT2D eigenvalue weighted by atomic mass is 79.9. The summed E-state index contributed by atoms with van der Waals surface area (Å²) >= 11 is 3.57. The van der Waals surface area contributed by atoms with E-state index in [1.165, 1.54) is 19.2 Å². The predicted octanol–water partition coefficient (Wildman–Crippen LogP) is 5.08. The second-order valence-electron chi connectivity index (χ2n) is 7.16. The van der Waals surface area contributed by atoms with Crippen LogP contribution < -0.4 is 29.0 Å². The Hall–Kier alpha value is -3.59. The number of carboxylic acids is 1. The second-order valence-corrected chi connectivity index (χ2v) is 8.01. The summed E-state index contributed by atoms with van der Waals surface area (Å²) in [6.07, 6.45) is 0. The number of halogens is 1. The normalized spacial score (nSPS) is 11.7. The lowest BCUT2D eigenvalue weighted by Gasteiger charge is -2.16. The molecule has 0 aromatic heterocycles. The third kappa shape index (κ3) is 5.09. The van der Waals surface area contributed by atoms with Gasteiger partial charge in [0.15, 0.2) is 23.0 Å². The molecule has 0 atom stereocenters. The summed E-state index contributed by atoms with van der Waals surface area (Å²) in [5, 5.41) is 12.5. The van der Waals surface area contributed by atoms with Gasteiger partial charge in [0.05, 0.1) is 29.9 Å². The van der Waals surface area contributed by atoms with Gasteiger partial charge in [0.1, 0.15) is 12.4 Å². The SMILES string of the molecule is COc1ccc(C(=O)O)cc1NCc1cc(Br)c(OCc2ccc3c(c2)OCO3)c(OC)c1. The van der Waals surface area contributed by atoms with E-state index in [9.17, 15) is 9.90 Å². The monoisotopic (exact) mass is 515 g/mol. The van der Waals surface area contributed by atoms with Crippen LogP contribution in [0.1, 0.15) is 21.5 Å². The maximum Gasteiger partial charge on any atom is 0.335 e. The number of hydrogen-bond donors (Lipinski definition) is 2. The van der Waals surface area contributed by atoms with Gasteiger partial charge in [-0.15, -0.1) is 0 Å². The molecule has 0 fully saturated rings. The molecule has 9 heteroatoms. The topological polar surface area (TPSA) is 95.5 Å². The molecule has 0 aliphatic carbocycles. The lowest BCUT2D eigenvalue weighted by molar-refractivity contribution is 0.0697. The molecule has 2 N–H and O–H groups in total. The molecule has 0 radical (unpaired) electrons. The van der Waals surface area contributed by atoms with Gasteiger partial charge >= 0.3 is 5.97 Å². The zero-order valence-electron chi connectivity index (χ0n) is 18.0. The van der Waals surface area contributed by atoms with Crippen LogP contribution in [0.5, 0.6) is 28.7 Å². The summed E-state index contributed by atoms with van der Waals surface area (Å²) in [5.41, 5.74) is 2.58. The van der Waals surface area contributed by atoms with E-state index in [-0.39, 0.29) is 12.4 Å². The molecular weight excluding hydrogens is 494 g/mol. The first kappa shape index (κ1) is 22.6. The van der Waals surface area contributed by atoms with Crippen LogP contribution in [0.4, 0.5) is 5.69 Å². The van der Waals surface area contributed by atoms with Gasteiger partial charge in [-0.05, 0) is 69.5 Å². The largest absolute Gasteiger partial charge is 0.495 e. The van der Waals surface area contributed by atoms with E-state index < -0.39 is 5.97 Å². The van der Waals surface area contributed by atoms with Crippen molar-refractivity contribution in [2.75, 3.05) is 26.3 Å². The average molecular weight is 516 g/mol. The highest BCUT2D eigenvalue weighted by molar-refractivity contribution is 9.10. The van der Waals surface area contributed by atoms with Crippen LogP contribution in [-0.2, 0) is 13.2 Å². The van der Waals surface area contributed by atoms with Gasteiger partial charge in [0.25, 0.3) is 0 Å². The van der Waals surface area contributed by atoms with Gasteiger partial charge in [0.2, 0.25) is 6.79 Å². The molecule has 0 saturated carbocycles. The summed E-state index contributed by atoms with van der Waals surface area (Å²) in [6, 6.07) is 14.1. The minimum Gasteiger partial charge on any atom is -0.495 e. The van der Waals surface area contributed by atoms with Crippen LogP contribution in [0.15, 0.2) is 53.0 Å². The van der Waals surface area contributed by atoms with Crippen LogP contribution in [0.2, 0.25) is 0 Å². The average Bonchev–Trinajstić information content (AvgIpc) is 3.29. The fourth-order valence-electron chi connectivity index (χ4n) is 3.38. The summed E-state index contributed by atoms with van der Waals surface area (Å²) in [5.74, 6) is 2.10. The minimum atomic E-state index is -1.01. The number of rotatable bonds is 9. The van der Waals surface area contributed by atoms with Crippen LogP contribution in [0, 0.1) is 0 Å². The number of aromatic carboxylic acids is 1. The van der Waals surface area contributed by atoms with Gasteiger partial charge in [-0.25, -0.2) is 4.79 Å². The number of carboxylic acid groups (broad SMARTS) is 1. The maximum atomic E-state index is 11.3. The summed E-state index contributed by atoms with van der Waals surface area (Å²) in [7, 11) is 3.11. The molecule has 0 saturated heterocycles. The number of ether oxygens (including phenoxy) is 5. The first-order chi connectivity index (χ1) is 16.0. The minimum absolute atomic E-state index is 0.171. The van der Waals surface area contributed by atoms with E-state index in [4.69, 9.17) is 23.7 Å². The first-order valence-corrected chi connectivity index (χ1v) is 10.8. The Morgan fingerprint density at radius 1 is 1.00 bits per heavy atom. The molecule has 1 heterocycles. The molecule has 0 spiro atoms. The van der Waals surface area contributed by atoms with Crippen molar-refractivity contribution in [2.24, 2.45) is 0 Å². The van der Waals surface area contributed by atoms with Crippen LogP contribution in [-0.4, -0.2) is 32.1 Å². The van der Waals surface area contributed by atoms with Gasteiger partial charge < -0.3 is 34.1 Å². The van der Waals surface area contributed by atoms with E-state index in [1.807, 2.05) is 30.3 Å². The van der Waals surface area contributed by atoms with Crippen molar-refractivity contribution in [3.8, 4) is 28.7 Å². The zero-order chi connectivity index (χ0) is 23.4. The Labute approximate surface area is 199 Å². The smallest absolute Gasteiger partial charge is 0.335 e. The standard InChI is InChI=1S/C24H22BrNO7/c1-29-19-6-4-16(24(27)28)10-18(19)26-11-15-7-17(25)23(22(9-15)30-2)31-12-14-3-5-20-21(8-14)33-13-32-20/h3-10,26H,11-13H2,1-2H3,(H,27,28). The summed E-state index contributed by atoms with van der Waals surface area (Å²) in [4.78, 5) is 11.3. The Balaban J connectivity index is 1.48. The molecule has 172 valence electrons. The molecule has 3 aromatic rings. The summed E-state index contributed by atoms with van der Waals surface area (Å²) < 4.78 is 28.4. The number of methoxy groups -OCH3 is 2. The van der Waals surface area contributed by atoms with Crippen molar-refractivity contribution in [3.63, 3.8) is 0 Å². The van der Waals surface area contributed by atoms with E-state index in [2.05, 4.69) is 21.2 Å². The fraction of sp³-hybridized carbons (Fsp3) is 0.208. The molecule has 33 heavy (non-hydrogen) atoms. The maximum absolute atomic E-state index is 11.3. The molecule has 1 aliphatic rings. The molecule has 0 bridgehead atoms. The highest BCUT2D eigenvalue weighted by Gasteiger charge is 2.16. The van der Waals surface area contributed by atoms with Crippen LogP contribution in [0.25, 0.3) is 0 Å². The Morgan fingerprint density at radius 2 is 1.79 bits per heavy atom. The van der Waals surface area contributed by atoms with E-state index in [0.717, 1.165) is 21.3 Å². The van der Waals surface area contributed by atoms with Gasteiger partial charge in [-0.2, -0.15) is 0 Å². The highest BCUT2D eigenvalue weighted by Crippen LogP contribution is 2.38. The van der Waals surface area contributed by atoms with Gasteiger partial charge in [-0.3, -0.25) is 0 Å². The van der Waals surface area contributed by atoms with Crippen LogP contribution in [0.3, 0.4) is 0 Å². The zero-order valence-corrected chi connectivity index (χ0v) is 19.6. The van der Waals surface area contributed by atoms with Crippen molar-refractivity contribution >= 4 is 27.6 Å². The van der Waals surface area contributed by atoms with E-state index >= 15 is 0 Å². The molecule has 1 aliphatic heterocycles. The number of hydrogen-bond acceptors (Lipinski definition) is 7. The Bertz CT molecular complexity index is 1180. The number of fused-ring (bicyclic) bond motifs is 1. The quantitative estimate of drug-likeness (QED) is 0.407. The van der Waals surface area contributed by atoms with Crippen LogP contribution >= 0.6 is 15.9 Å². The number of nitrogens with one attached hydrogen (secondary N) is 1.